The second-order valence-corrected chi connectivity index (χ2v) is 5.56. The number of hydrogen-bond donors (Lipinski definition) is 2. The molecule has 0 bridgehead atoms. The molecule has 1 unspecified atom stereocenters. The van der Waals surface area contributed by atoms with Crippen molar-refractivity contribution in [1.82, 2.24) is 5.43 Å². The lowest BCUT2D eigenvalue weighted by atomic mass is 9.97. The van der Waals surface area contributed by atoms with E-state index in [-0.39, 0.29) is 11.9 Å². The van der Waals surface area contributed by atoms with Crippen LogP contribution in [0.4, 0.5) is 4.39 Å². The van der Waals surface area contributed by atoms with Crippen LogP contribution in [-0.4, -0.2) is 0 Å². The molecule has 0 aliphatic rings. The Kier molecular flexibility index (Phi) is 5.74. The molecule has 0 amide bonds. The summed E-state index contributed by atoms with van der Waals surface area (Å²) in [7, 11) is 0. The number of aryl methyl sites for hydroxylation is 1. The Labute approximate surface area is 130 Å². The molecule has 1 atom stereocenters. The van der Waals surface area contributed by atoms with Crippen molar-refractivity contribution < 1.29 is 4.39 Å². The highest BCUT2D eigenvalue weighted by Crippen LogP contribution is 2.24. The number of hydrogen-bond acceptors (Lipinski definition) is 2. The van der Waals surface area contributed by atoms with Crippen molar-refractivity contribution in [3.05, 3.63) is 70.0 Å². The Balaban J connectivity index is 2.21. The van der Waals surface area contributed by atoms with Crippen molar-refractivity contribution in [2.24, 2.45) is 5.84 Å². The summed E-state index contributed by atoms with van der Waals surface area (Å²) in [6.45, 7) is 2.16. The summed E-state index contributed by atoms with van der Waals surface area (Å²) in [5.74, 6) is 5.36. The first-order valence-electron chi connectivity index (χ1n) is 7.13. The van der Waals surface area contributed by atoms with Crippen LogP contribution in [-0.2, 0) is 12.8 Å². The topological polar surface area (TPSA) is 38.0 Å². The van der Waals surface area contributed by atoms with Crippen LogP contribution in [0.15, 0.2) is 42.5 Å². The molecule has 0 spiro atoms. The Morgan fingerprint density at radius 2 is 2.05 bits per heavy atom. The van der Waals surface area contributed by atoms with Crippen molar-refractivity contribution in [3.8, 4) is 0 Å². The maximum Gasteiger partial charge on any atom is 0.124 e. The molecule has 0 aromatic heterocycles. The van der Waals surface area contributed by atoms with Gasteiger partial charge in [0.25, 0.3) is 0 Å². The summed E-state index contributed by atoms with van der Waals surface area (Å²) in [6.07, 6.45) is 2.77. The van der Waals surface area contributed by atoms with Crippen molar-refractivity contribution in [3.63, 3.8) is 0 Å². The highest BCUT2D eigenvalue weighted by molar-refractivity contribution is 6.31. The van der Waals surface area contributed by atoms with E-state index in [2.05, 4.69) is 24.5 Å². The zero-order valence-corrected chi connectivity index (χ0v) is 12.8. The van der Waals surface area contributed by atoms with Crippen LogP contribution in [0.3, 0.4) is 0 Å². The number of halogens is 2. The number of benzene rings is 2. The number of nitrogens with two attached hydrogens (primary N) is 1. The van der Waals surface area contributed by atoms with Crippen molar-refractivity contribution in [2.45, 2.75) is 32.2 Å². The first-order chi connectivity index (χ1) is 10.1. The van der Waals surface area contributed by atoms with E-state index in [4.69, 9.17) is 17.4 Å². The van der Waals surface area contributed by atoms with E-state index in [9.17, 15) is 4.39 Å². The summed E-state index contributed by atoms with van der Waals surface area (Å²) in [5.41, 5.74) is 6.11. The third-order valence-corrected chi connectivity index (χ3v) is 3.88. The maximum absolute atomic E-state index is 13.1. The van der Waals surface area contributed by atoms with Gasteiger partial charge in [0.05, 0.1) is 6.04 Å². The highest BCUT2D eigenvalue weighted by Gasteiger charge is 2.13. The molecule has 2 rings (SSSR count). The molecule has 112 valence electrons. The molecular weight excluding hydrogens is 287 g/mol. The zero-order chi connectivity index (χ0) is 15.2. The SMILES string of the molecule is CCCc1cccc(C(Cc2ccc(F)cc2Cl)NN)c1. The predicted octanol–water partition coefficient (Wildman–Crippen LogP) is 4.18. The van der Waals surface area contributed by atoms with Gasteiger partial charge in [-0.2, -0.15) is 0 Å². The first kappa shape index (κ1) is 16.0. The van der Waals surface area contributed by atoms with Gasteiger partial charge in [-0.3, -0.25) is 11.3 Å². The maximum atomic E-state index is 13.1. The average molecular weight is 307 g/mol. The normalized spacial score (nSPS) is 12.4. The molecule has 0 saturated heterocycles. The smallest absolute Gasteiger partial charge is 0.124 e. The standard InChI is InChI=1S/C17H20ClFN2/c1-2-4-12-5-3-6-14(9-12)17(21-20)10-13-7-8-15(19)11-16(13)18/h3,5-9,11,17,21H,2,4,10,20H2,1H3. The third kappa shape index (κ3) is 4.27. The van der Waals surface area contributed by atoms with Crippen LogP contribution in [0.1, 0.15) is 36.1 Å². The molecule has 0 aliphatic carbocycles. The first-order valence-corrected chi connectivity index (χ1v) is 7.50. The van der Waals surface area contributed by atoms with E-state index in [1.54, 1.807) is 6.07 Å². The lowest BCUT2D eigenvalue weighted by Crippen LogP contribution is -2.29. The summed E-state index contributed by atoms with van der Waals surface area (Å²) in [5, 5.41) is 0.431. The molecule has 2 aromatic carbocycles. The fourth-order valence-corrected chi connectivity index (χ4v) is 2.68. The Morgan fingerprint density at radius 3 is 2.71 bits per heavy atom. The molecule has 0 aliphatic heterocycles. The number of rotatable bonds is 6. The van der Waals surface area contributed by atoms with Gasteiger partial charge in [-0.1, -0.05) is 55.3 Å². The van der Waals surface area contributed by atoms with Gasteiger partial charge in [-0.25, -0.2) is 4.39 Å². The van der Waals surface area contributed by atoms with Gasteiger partial charge in [-0.05, 0) is 41.7 Å². The second kappa shape index (κ2) is 7.55. The van der Waals surface area contributed by atoms with E-state index in [1.165, 1.54) is 17.7 Å². The minimum Gasteiger partial charge on any atom is -0.271 e. The second-order valence-electron chi connectivity index (χ2n) is 5.15. The van der Waals surface area contributed by atoms with E-state index in [0.29, 0.717) is 11.4 Å². The lowest BCUT2D eigenvalue weighted by Gasteiger charge is -2.18. The Hall–Kier alpha value is -1.42. The van der Waals surface area contributed by atoms with Gasteiger partial charge >= 0.3 is 0 Å². The fourth-order valence-electron chi connectivity index (χ4n) is 2.43. The van der Waals surface area contributed by atoms with Gasteiger partial charge in [0.2, 0.25) is 0 Å². The zero-order valence-electron chi connectivity index (χ0n) is 12.1. The molecule has 2 nitrogen and oxygen atoms in total. The predicted molar refractivity (Wildman–Crippen MR) is 85.6 cm³/mol. The summed E-state index contributed by atoms with van der Waals surface area (Å²) >= 11 is 6.09. The minimum absolute atomic E-state index is 0.0511. The van der Waals surface area contributed by atoms with Crippen molar-refractivity contribution >= 4 is 11.6 Å². The summed E-state index contributed by atoms with van der Waals surface area (Å²) in [4.78, 5) is 0. The minimum atomic E-state index is -0.328. The van der Waals surface area contributed by atoms with Gasteiger partial charge in [0.1, 0.15) is 5.82 Å². The number of nitrogens with one attached hydrogen (secondary N) is 1. The quantitative estimate of drug-likeness (QED) is 0.620. The van der Waals surface area contributed by atoms with E-state index in [1.807, 2.05) is 12.1 Å². The monoisotopic (exact) mass is 306 g/mol. The summed E-state index contributed by atoms with van der Waals surface area (Å²) < 4.78 is 13.1. The van der Waals surface area contributed by atoms with Crippen molar-refractivity contribution in [1.29, 1.82) is 0 Å². The molecule has 0 radical (unpaired) electrons. The molecule has 21 heavy (non-hydrogen) atoms. The van der Waals surface area contributed by atoms with E-state index < -0.39 is 0 Å². The van der Waals surface area contributed by atoms with Crippen LogP contribution >= 0.6 is 11.6 Å². The molecule has 0 saturated carbocycles. The lowest BCUT2D eigenvalue weighted by molar-refractivity contribution is 0.550. The largest absolute Gasteiger partial charge is 0.271 e. The molecule has 0 heterocycles. The molecule has 2 aromatic rings. The van der Waals surface area contributed by atoms with Crippen LogP contribution < -0.4 is 11.3 Å². The van der Waals surface area contributed by atoms with E-state index >= 15 is 0 Å². The average Bonchev–Trinajstić information content (AvgIpc) is 2.47. The Bertz CT molecular complexity index is 601. The summed E-state index contributed by atoms with van der Waals surface area (Å²) in [6, 6.07) is 12.8. The van der Waals surface area contributed by atoms with Gasteiger partial charge in [0, 0.05) is 5.02 Å². The van der Waals surface area contributed by atoms with Crippen LogP contribution in [0.2, 0.25) is 5.02 Å². The molecule has 3 N–H and O–H groups in total. The van der Waals surface area contributed by atoms with E-state index in [0.717, 1.165) is 24.0 Å². The fraction of sp³-hybridized carbons (Fsp3) is 0.294. The van der Waals surface area contributed by atoms with Crippen molar-refractivity contribution in [2.75, 3.05) is 0 Å². The molecular formula is C17H20ClFN2. The molecule has 0 fully saturated rings. The number of hydrazine groups is 1. The highest BCUT2D eigenvalue weighted by atomic mass is 35.5. The van der Waals surface area contributed by atoms with Crippen LogP contribution in [0, 0.1) is 5.82 Å². The van der Waals surface area contributed by atoms with Crippen LogP contribution in [0.5, 0.6) is 0 Å². The van der Waals surface area contributed by atoms with Crippen LogP contribution in [0.25, 0.3) is 0 Å². The van der Waals surface area contributed by atoms with Gasteiger partial charge < -0.3 is 0 Å². The van der Waals surface area contributed by atoms with Gasteiger partial charge in [0.15, 0.2) is 0 Å². The Morgan fingerprint density at radius 1 is 1.24 bits per heavy atom. The van der Waals surface area contributed by atoms with Gasteiger partial charge in [-0.15, -0.1) is 0 Å². The molecule has 4 heteroatoms. The third-order valence-electron chi connectivity index (χ3n) is 3.53.